The standard InChI is InChI=1S/C14H24N4O7/c1-4-23-11(19)9-8(16-17-13(15)21)7-18(14(22)25-6-3)10(9)12(20)24-5-2/h8-10,16H,4-7H2,1-3H3,(H3,15,17,21). The van der Waals surface area contributed by atoms with Crippen molar-refractivity contribution in [1.82, 2.24) is 15.8 Å². The minimum Gasteiger partial charge on any atom is -0.466 e. The van der Waals surface area contributed by atoms with Gasteiger partial charge in [0.2, 0.25) is 0 Å². The maximum Gasteiger partial charge on any atom is 0.410 e. The van der Waals surface area contributed by atoms with E-state index in [4.69, 9.17) is 19.9 Å². The first-order valence-electron chi connectivity index (χ1n) is 7.94. The molecule has 1 aliphatic heterocycles. The SMILES string of the molecule is CCOC(=O)C1C(NNC(N)=O)CN(C(=O)OCC)C1C(=O)OCC. The van der Waals surface area contributed by atoms with Crippen LogP contribution in [0.3, 0.4) is 0 Å². The lowest BCUT2D eigenvalue weighted by Gasteiger charge is -2.25. The van der Waals surface area contributed by atoms with E-state index in [9.17, 15) is 19.2 Å². The molecule has 1 heterocycles. The third kappa shape index (κ3) is 5.21. The van der Waals surface area contributed by atoms with Gasteiger partial charge in [-0.15, -0.1) is 0 Å². The molecule has 25 heavy (non-hydrogen) atoms. The highest BCUT2D eigenvalue weighted by Gasteiger charge is 2.53. The number of hydrazine groups is 1. The van der Waals surface area contributed by atoms with Crippen molar-refractivity contribution in [3.05, 3.63) is 0 Å². The molecular weight excluding hydrogens is 336 g/mol. The van der Waals surface area contributed by atoms with Crippen molar-refractivity contribution in [2.45, 2.75) is 32.9 Å². The normalized spacial score (nSPS) is 22.2. The summed E-state index contributed by atoms with van der Waals surface area (Å²) in [6, 6.07) is -2.94. The zero-order valence-electron chi connectivity index (χ0n) is 14.4. The summed E-state index contributed by atoms with van der Waals surface area (Å²) in [6.07, 6.45) is -0.779. The minimum atomic E-state index is -1.25. The first-order chi connectivity index (χ1) is 11.9. The highest BCUT2D eigenvalue weighted by atomic mass is 16.6. The van der Waals surface area contributed by atoms with E-state index in [1.54, 1.807) is 20.8 Å². The number of urea groups is 1. The predicted octanol–water partition coefficient (Wildman–Crippen LogP) is -0.889. The summed E-state index contributed by atoms with van der Waals surface area (Å²) < 4.78 is 14.9. The number of likely N-dealkylation sites (tertiary alicyclic amines) is 1. The van der Waals surface area contributed by atoms with Crippen LogP contribution in [-0.4, -0.2) is 67.4 Å². The van der Waals surface area contributed by atoms with Crippen LogP contribution in [0.5, 0.6) is 0 Å². The molecule has 0 aliphatic carbocycles. The van der Waals surface area contributed by atoms with Crippen molar-refractivity contribution in [3.63, 3.8) is 0 Å². The molecule has 142 valence electrons. The fourth-order valence-electron chi connectivity index (χ4n) is 2.58. The number of nitrogens with one attached hydrogen (secondary N) is 2. The number of esters is 2. The molecule has 1 saturated heterocycles. The average Bonchev–Trinajstić information content (AvgIpc) is 2.93. The number of hydrogen-bond acceptors (Lipinski definition) is 8. The molecule has 11 nitrogen and oxygen atoms in total. The summed E-state index contributed by atoms with van der Waals surface area (Å²) >= 11 is 0. The lowest BCUT2D eigenvalue weighted by atomic mass is 9.96. The van der Waals surface area contributed by atoms with Crippen molar-refractivity contribution < 1.29 is 33.4 Å². The molecule has 11 heteroatoms. The fourth-order valence-corrected chi connectivity index (χ4v) is 2.58. The Kier molecular flexibility index (Phi) is 7.92. The first kappa shape index (κ1) is 20.5. The number of amides is 3. The van der Waals surface area contributed by atoms with Crippen molar-refractivity contribution in [1.29, 1.82) is 0 Å². The van der Waals surface area contributed by atoms with Gasteiger partial charge in [-0.3, -0.25) is 15.1 Å². The van der Waals surface area contributed by atoms with Gasteiger partial charge in [-0.1, -0.05) is 0 Å². The Morgan fingerprint density at radius 3 is 2.08 bits per heavy atom. The van der Waals surface area contributed by atoms with Crippen LogP contribution >= 0.6 is 0 Å². The Labute approximate surface area is 145 Å². The van der Waals surface area contributed by atoms with Crippen LogP contribution in [-0.2, 0) is 23.8 Å². The molecule has 0 aromatic rings. The number of nitrogens with zero attached hydrogens (tertiary/aromatic N) is 1. The summed E-state index contributed by atoms with van der Waals surface area (Å²) in [4.78, 5) is 48.9. The number of primary amides is 1. The maximum atomic E-state index is 12.4. The topological polar surface area (TPSA) is 149 Å². The predicted molar refractivity (Wildman–Crippen MR) is 83.9 cm³/mol. The molecule has 0 aromatic heterocycles. The van der Waals surface area contributed by atoms with Crippen LogP contribution in [0.1, 0.15) is 20.8 Å². The van der Waals surface area contributed by atoms with Crippen LogP contribution in [0.2, 0.25) is 0 Å². The Bertz CT molecular complexity index is 513. The molecule has 1 fully saturated rings. The molecular formula is C14H24N4O7. The van der Waals surface area contributed by atoms with Crippen molar-refractivity contribution in [2.75, 3.05) is 26.4 Å². The van der Waals surface area contributed by atoms with E-state index >= 15 is 0 Å². The number of rotatable bonds is 7. The summed E-state index contributed by atoms with van der Waals surface area (Å²) in [7, 11) is 0. The summed E-state index contributed by atoms with van der Waals surface area (Å²) in [5.41, 5.74) is 9.70. The second-order valence-corrected chi connectivity index (χ2v) is 5.07. The Balaban J connectivity index is 3.15. The molecule has 0 radical (unpaired) electrons. The van der Waals surface area contributed by atoms with Gasteiger partial charge in [0.05, 0.1) is 25.9 Å². The molecule has 1 rings (SSSR count). The van der Waals surface area contributed by atoms with E-state index in [0.29, 0.717) is 0 Å². The van der Waals surface area contributed by atoms with Gasteiger partial charge in [0.15, 0.2) is 0 Å². The second-order valence-electron chi connectivity index (χ2n) is 5.07. The van der Waals surface area contributed by atoms with Gasteiger partial charge in [0.1, 0.15) is 12.0 Å². The average molecular weight is 360 g/mol. The smallest absolute Gasteiger partial charge is 0.410 e. The van der Waals surface area contributed by atoms with Gasteiger partial charge < -0.3 is 19.9 Å². The zero-order valence-corrected chi connectivity index (χ0v) is 14.4. The Morgan fingerprint density at radius 1 is 1.00 bits per heavy atom. The summed E-state index contributed by atoms with van der Waals surface area (Å²) in [6.45, 7) is 4.98. The number of carbonyl (C=O) groups is 4. The first-order valence-corrected chi connectivity index (χ1v) is 7.94. The molecule has 0 spiro atoms. The van der Waals surface area contributed by atoms with E-state index in [2.05, 4.69) is 10.9 Å². The van der Waals surface area contributed by atoms with Gasteiger partial charge in [-0.2, -0.15) is 0 Å². The molecule has 3 amide bonds. The molecule has 4 N–H and O–H groups in total. The van der Waals surface area contributed by atoms with Gasteiger partial charge in [0.25, 0.3) is 0 Å². The highest BCUT2D eigenvalue weighted by Crippen LogP contribution is 2.28. The Hall–Kier alpha value is -2.56. The van der Waals surface area contributed by atoms with Gasteiger partial charge in [-0.05, 0) is 20.8 Å². The monoisotopic (exact) mass is 360 g/mol. The maximum absolute atomic E-state index is 12.4. The minimum absolute atomic E-state index is 0.0686. The van der Waals surface area contributed by atoms with Gasteiger partial charge >= 0.3 is 24.1 Å². The number of ether oxygens (including phenoxy) is 3. The number of nitrogens with two attached hydrogens (primary N) is 1. The van der Waals surface area contributed by atoms with Gasteiger partial charge in [-0.25, -0.2) is 19.8 Å². The van der Waals surface area contributed by atoms with Crippen molar-refractivity contribution in [3.8, 4) is 0 Å². The van der Waals surface area contributed by atoms with Crippen LogP contribution in [0, 0.1) is 5.92 Å². The molecule has 3 atom stereocenters. The second kappa shape index (κ2) is 9.67. The van der Waals surface area contributed by atoms with E-state index in [0.717, 1.165) is 4.90 Å². The molecule has 1 aliphatic rings. The van der Waals surface area contributed by atoms with Gasteiger partial charge in [0, 0.05) is 6.54 Å². The largest absolute Gasteiger partial charge is 0.466 e. The van der Waals surface area contributed by atoms with Crippen LogP contribution in [0.15, 0.2) is 0 Å². The summed E-state index contributed by atoms with van der Waals surface area (Å²) in [5, 5.41) is 0. The van der Waals surface area contributed by atoms with Crippen molar-refractivity contribution in [2.24, 2.45) is 11.7 Å². The highest BCUT2D eigenvalue weighted by molar-refractivity contribution is 5.89. The van der Waals surface area contributed by atoms with E-state index in [1.807, 2.05) is 0 Å². The van der Waals surface area contributed by atoms with Crippen LogP contribution in [0.25, 0.3) is 0 Å². The third-order valence-corrected chi connectivity index (χ3v) is 3.47. The van der Waals surface area contributed by atoms with Crippen molar-refractivity contribution >= 4 is 24.1 Å². The number of carbonyl (C=O) groups excluding carboxylic acids is 4. The zero-order chi connectivity index (χ0) is 19.0. The lowest BCUT2D eigenvalue weighted by Crippen LogP contribution is -2.52. The van der Waals surface area contributed by atoms with E-state index in [-0.39, 0.29) is 26.4 Å². The molecule has 0 aromatic carbocycles. The lowest BCUT2D eigenvalue weighted by molar-refractivity contribution is -0.158. The molecule has 3 unspecified atom stereocenters. The quantitative estimate of drug-likeness (QED) is 0.301. The van der Waals surface area contributed by atoms with Crippen LogP contribution < -0.4 is 16.6 Å². The number of hydrogen-bond donors (Lipinski definition) is 3. The molecule has 0 bridgehead atoms. The molecule has 0 saturated carbocycles. The van der Waals surface area contributed by atoms with E-state index < -0.39 is 42.1 Å². The van der Waals surface area contributed by atoms with E-state index in [1.165, 1.54) is 0 Å². The summed E-state index contributed by atoms with van der Waals surface area (Å²) in [5.74, 6) is -2.58. The Morgan fingerprint density at radius 2 is 1.56 bits per heavy atom. The fraction of sp³-hybridized carbons (Fsp3) is 0.714. The van der Waals surface area contributed by atoms with Crippen LogP contribution in [0.4, 0.5) is 9.59 Å². The third-order valence-electron chi connectivity index (χ3n) is 3.47.